The van der Waals surface area contributed by atoms with Gasteiger partial charge in [0.05, 0.1) is 0 Å². The lowest BCUT2D eigenvalue weighted by Crippen LogP contribution is -2.25. The van der Waals surface area contributed by atoms with Gasteiger partial charge in [0, 0.05) is 28.3 Å². The summed E-state index contributed by atoms with van der Waals surface area (Å²) in [6, 6.07) is 5.42. The molecule has 0 bridgehead atoms. The molecule has 0 spiro atoms. The highest BCUT2D eigenvalue weighted by Crippen LogP contribution is 2.20. The second-order valence-electron chi connectivity index (χ2n) is 3.98. The Morgan fingerprint density at radius 1 is 1.28 bits per heavy atom. The maximum atomic E-state index is 11.5. The Balaban J connectivity index is 2.26. The fourth-order valence-electron chi connectivity index (χ4n) is 1.53. The number of alkyl halides is 1. The number of rotatable bonds is 7. The van der Waals surface area contributed by atoms with Crippen LogP contribution in [0.3, 0.4) is 0 Å². The number of carbonyl (C=O) groups excluding carboxylic acids is 1. The minimum atomic E-state index is 0.0982. The monoisotopic (exact) mass is 351 g/mol. The molecule has 1 aromatic rings. The van der Waals surface area contributed by atoms with E-state index in [2.05, 4.69) is 21.2 Å². The van der Waals surface area contributed by atoms with Gasteiger partial charge in [0.2, 0.25) is 5.91 Å². The highest BCUT2D eigenvalue weighted by atomic mass is 79.9. The predicted molar refractivity (Wildman–Crippen MR) is 80.8 cm³/mol. The lowest BCUT2D eigenvalue weighted by molar-refractivity contribution is -0.121. The van der Waals surface area contributed by atoms with E-state index in [1.165, 1.54) is 0 Å². The van der Waals surface area contributed by atoms with Gasteiger partial charge in [0.25, 0.3) is 0 Å². The van der Waals surface area contributed by atoms with E-state index < -0.39 is 0 Å². The lowest BCUT2D eigenvalue weighted by atomic mass is 10.1. The molecule has 0 aliphatic heterocycles. The summed E-state index contributed by atoms with van der Waals surface area (Å²) in [4.78, 5) is 11.5. The Labute approximate surface area is 126 Å². The normalized spacial score (nSPS) is 10.4. The average molecular weight is 353 g/mol. The van der Waals surface area contributed by atoms with Crippen molar-refractivity contribution in [2.75, 3.05) is 11.9 Å². The minimum absolute atomic E-state index is 0.0982. The van der Waals surface area contributed by atoms with E-state index >= 15 is 0 Å². The van der Waals surface area contributed by atoms with Crippen LogP contribution in [0.4, 0.5) is 0 Å². The summed E-state index contributed by atoms with van der Waals surface area (Å²) in [7, 11) is 0. The van der Waals surface area contributed by atoms with E-state index in [0.29, 0.717) is 23.0 Å². The molecule has 1 aromatic carbocycles. The van der Waals surface area contributed by atoms with Gasteiger partial charge in [-0.25, -0.2) is 0 Å². The molecule has 5 heteroatoms. The standard InChI is InChI=1S/C13H16BrCl2NO/c14-7-2-1-3-13(18)17-8-6-10-4-5-11(15)9-12(10)16/h4-5,9H,1-3,6-8H2,(H,17,18). The quantitative estimate of drug-likeness (QED) is 0.577. The first kappa shape index (κ1) is 15.8. The molecule has 0 unspecified atom stereocenters. The molecule has 1 amide bonds. The fraction of sp³-hybridized carbons (Fsp3) is 0.462. The molecule has 0 heterocycles. The van der Waals surface area contributed by atoms with E-state index in [1.54, 1.807) is 12.1 Å². The van der Waals surface area contributed by atoms with Gasteiger partial charge < -0.3 is 5.32 Å². The number of benzene rings is 1. The number of unbranched alkanes of at least 4 members (excludes halogenated alkanes) is 1. The number of halogens is 3. The van der Waals surface area contributed by atoms with E-state index in [9.17, 15) is 4.79 Å². The smallest absolute Gasteiger partial charge is 0.220 e. The molecule has 1 N–H and O–H groups in total. The molecule has 0 fully saturated rings. The molecular formula is C13H16BrCl2NO. The lowest BCUT2D eigenvalue weighted by Gasteiger charge is -2.07. The minimum Gasteiger partial charge on any atom is -0.356 e. The van der Waals surface area contributed by atoms with Crippen molar-refractivity contribution < 1.29 is 4.79 Å². The van der Waals surface area contributed by atoms with Gasteiger partial charge in [0.1, 0.15) is 0 Å². The zero-order valence-corrected chi connectivity index (χ0v) is 13.1. The highest BCUT2D eigenvalue weighted by Gasteiger charge is 2.03. The van der Waals surface area contributed by atoms with Crippen molar-refractivity contribution in [1.29, 1.82) is 0 Å². The zero-order chi connectivity index (χ0) is 13.4. The van der Waals surface area contributed by atoms with Crippen LogP contribution in [0, 0.1) is 0 Å². The van der Waals surface area contributed by atoms with Crippen LogP contribution in [0.15, 0.2) is 18.2 Å². The Bertz CT molecular complexity index is 399. The molecule has 1 rings (SSSR count). The van der Waals surface area contributed by atoms with Gasteiger partial charge in [-0.05, 0) is 37.0 Å². The first-order chi connectivity index (χ1) is 8.63. The Kier molecular flexibility index (Phi) is 7.71. The van der Waals surface area contributed by atoms with E-state index in [-0.39, 0.29) is 5.91 Å². The van der Waals surface area contributed by atoms with Crippen LogP contribution in [0.1, 0.15) is 24.8 Å². The topological polar surface area (TPSA) is 29.1 Å². The van der Waals surface area contributed by atoms with Gasteiger partial charge in [-0.3, -0.25) is 4.79 Å². The molecule has 18 heavy (non-hydrogen) atoms. The summed E-state index contributed by atoms with van der Waals surface area (Å²) in [5, 5.41) is 5.11. The van der Waals surface area contributed by atoms with Crippen LogP contribution in [0.5, 0.6) is 0 Å². The van der Waals surface area contributed by atoms with Crippen LogP contribution in [-0.2, 0) is 11.2 Å². The summed E-state index contributed by atoms with van der Waals surface area (Å²) in [6.45, 7) is 0.606. The van der Waals surface area contributed by atoms with Gasteiger partial charge in [0.15, 0.2) is 0 Å². The molecule has 0 saturated heterocycles. The first-order valence-corrected chi connectivity index (χ1v) is 7.78. The Hall–Kier alpha value is -0.250. The summed E-state index contributed by atoms with van der Waals surface area (Å²) in [5.74, 6) is 0.0982. The van der Waals surface area contributed by atoms with Crippen LogP contribution in [0.25, 0.3) is 0 Å². The summed E-state index contributed by atoms with van der Waals surface area (Å²) in [5.41, 5.74) is 1.00. The van der Waals surface area contributed by atoms with Crippen LogP contribution in [-0.4, -0.2) is 17.8 Å². The third-order valence-corrected chi connectivity index (χ3v) is 3.67. The SMILES string of the molecule is O=C(CCCCBr)NCCc1ccc(Cl)cc1Cl. The summed E-state index contributed by atoms with van der Waals surface area (Å²) in [6.07, 6.45) is 3.25. The number of hydrogen-bond acceptors (Lipinski definition) is 1. The Morgan fingerprint density at radius 2 is 2.06 bits per heavy atom. The average Bonchev–Trinajstić information content (AvgIpc) is 2.32. The van der Waals surface area contributed by atoms with Crippen molar-refractivity contribution in [3.8, 4) is 0 Å². The molecule has 100 valence electrons. The van der Waals surface area contributed by atoms with E-state index in [4.69, 9.17) is 23.2 Å². The van der Waals surface area contributed by atoms with Crippen LogP contribution < -0.4 is 5.32 Å². The fourth-order valence-corrected chi connectivity index (χ4v) is 2.43. The second-order valence-corrected chi connectivity index (χ2v) is 5.62. The van der Waals surface area contributed by atoms with E-state index in [1.807, 2.05) is 6.07 Å². The molecule has 0 aliphatic carbocycles. The summed E-state index contributed by atoms with van der Waals surface area (Å²) < 4.78 is 0. The number of carbonyl (C=O) groups is 1. The molecule has 0 saturated carbocycles. The predicted octanol–water partition coefficient (Wildman–Crippen LogP) is 4.22. The number of nitrogens with one attached hydrogen (secondary N) is 1. The van der Waals surface area contributed by atoms with Crippen molar-refractivity contribution in [2.45, 2.75) is 25.7 Å². The highest BCUT2D eigenvalue weighted by molar-refractivity contribution is 9.09. The van der Waals surface area contributed by atoms with Crippen molar-refractivity contribution in [2.24, 2.45) is 0 Å². The third kappa shape index (κ3) is 6.07. The van der Waals surface area contributed by atoms with Crippen molar-refractivity contribution in [3.63, 3.8) is 0 Å². The molecule has 0 atom stereocenters. The van der Waals surface area contributed by atoms with E-state index in [0.717, 1.165) is 30.2 Å². The molecule has 0 radical (unpaired) electrons. The van der Waals surface area contributed by atoms with Crippen LogP contribution in [0.2, 0.25) is 10.0 Å². The molecule has 2 nitrogen and oxygen atoms in total. The first-order valence-electron chi connectivity index (χ1n) is 5.90. The zero-order valence-electron chi connectivity index (χ0n) is 10.0. The van der Waals surface area contributed by atoms with Crippen molar-refractivity contribution >= 4 is 45.0 Å². The second kappa shape index (κ2) is 8.78. The van der Waals surface area contributed by atoms with Gasteiger partial charge in [-0.15, -0.1) is 0 Å². The third-order valence-electron chi connectivity index (χ3n) is 2.52. The van der Waals surface area contributed by atoms with Crippen molar-refractivity contribution in [1.82, 2.24) is 5.32 Å². The number of hydrogen-bond donors (Lipinski definition) is 1. The maximum absolute atomic E-state index is 11.5. The van der Waals surface area contributed by atoms with Gasteiger partial charge >= 0.3 is 0 Å². The number of amides is 1. The van der Waals surface area contributed by atoms with Gasteiger partial charge in [-0.1, -0.05) is 45.2 Å². The largest absolute Gasteiger partial charge is 0.356 e. The maximum Gasteiger partial charge on any atom is 0.220 e. The molecule has 0 aliphatic rings. The van der Waals surface area contributed by atoms with Crippen LogP contribution >= 0.6 is 39.1 Å². The Morgan fingerprint density at radius 3 is 2.72 bits per heavy atom. The van der Waals surface area contributed by atoms with Gasteiger partial charge in [-0.2, -0.15) is 0 Å². The van der Waals surface area contributed by atoms with Crippen molar-refractivity contribution in [3.05, 3.63) is 33.8 Å². The molecular weight excluding hydrogens is 337 g/mol. The summed E-state index contributed by atoms with van der Waals surface area (Å²) >= 11 is 15.2. The molecule has 0 aromatic heterocycles.